The van der Waals surface area contributed by atoms with Gasteiger partial charge in [0.05, 0.1) is 5.56 Å². The first-order valence-electron chi connectivity index (χ1n) is 6.27. The molecular formula is C16H15BrO2S. The maximum absolute atomic E-state index is 11.0. The van der Waals surface area contributed by atoms with Crippen LogP contribution in [-0.2, 0) is 0 Å². The summed E-state index contributed by atoms with van der Waals surface area (Å²) in [5, 5.41) is 9.07. The molecule has 0 fully saturated rings. The number of benzene rings is 2. The van der Waals surface area contributed by atoms with Gasteiger partial charge in [-0.3, -0.25) is 0 Å². The molecule has 104 valence electrons. The number of carbonyl (C=O) groups is 1. The minimum absolute atomic E-state index is 0.292. The summed E-state index contributed by atoms with van der Waals surface area (Å²) < 4.78 is 0.777. The van der Waals surface area contributed by atoms with E-state index in [9.17, 15) is 4.79 Å². The van der Waals surface area contributed by atoms with Crippen molar-refractivity contribution in [3.8, 4) is 0 Å². The lowest BCUT2D eigenvalue weighted by molar-refractivity contribution is 0.0696. The molecule has 0 aliphatic heterocycles. The Morgan fingerprint density at radius 2 is 1.75 bits per heavy atom. The molecule has 0 radical (unpaired) electrons. The van der Waals surface area contributed by atoms with Crippen LogP contribution in [0.2, 0.25) is 0 Å². The summed E-state index contributed by atoms with van der Waals surface area (Å²) in [5.74, 6) is -0.401. The van der Waals surface area contributed by atoms with Gasteiger partial charge < -0.3 is 5.11 Å². The standard InChI is InChI=1S/C16H15BrO2S/c1-10(2)11-3-5-14(6-4-11)20-15-8-12(16(18)19)7-13(17)9-15/h3-10H,1-2H3,(H,18,19). The highest BCUT2D eigenvalue weighted by atomic mass is 79.9. The highest BCUT2D eigenvalue weighted by molar-refractivity contribution is 9.10. The third-order valence-corrected chi connectivity index (χ3v) is 4.34. The number of hydrogen-bond acceptors (Lipinski definition) is 2. The molecular weight excluding hydrogens is 336 g/mol. The monoisotopic (exact) mass is 350 g/mol. The molecule has 0 spiro atoms. The summed E-state index contributed by atoms with van der Waals surface area (Å²) in [7, 11) is 0. The van der Waals surface area contributed by atoms with Crippen LogP contribution in [0.15, 0.2) is 56.7 Å². The Hall–Kier alpha value is -1.26. The van der Waals surface area contributed by atoms with Crippen LogP contribution in [-0.4, -0.2) is 11.1 Å². The Bertz CT molecular complexity index is 621. The first-order valence-corrected chi connectivity index (χ1v) is 7.88. The molecule has 0 saturated carbocycles. The highest BCUT2D eigenvalue weighted by Crippen LogP contribution is 2.31. The fraction of sp³-hybridized carbons (Fsp3) is 0.188. The number of rotatable bonds is 4. The summed E-state index contributed by atoms with van der Waals surface area (Å²) in [4.78, 5) is 13.1. The van der Waals surface area contributed by atoms with Crippen molar-refractivity contribution in [1.82, 2.24) is 0 Å². The maximum Gasteiger partial charge on any atom is 0.335 e. The van der Waals surface area contributed by atoms with Gasteiger partial charge in [0, 0.05) is 14.3 Å². The number of aromatic carboxylic acids is 1. The molecule has 4 heteroatoms. The van der Waals surface area contributed by atoms with Crippen LogP contribution in [0.25, 0.3) is 0 Å². The molecule has 0 saturated heterocycles. The topological polar surface area (TPSA) is 37.3 Å². The number of halogens is 1. The van der Waals surface area contributed by atoms with E-state index in [1.54, 1.807) is 23.9 Å². The van der Waals surface area contributed by atoms with Gasteiger partial charge >= 0.3 is 5.97 Å². The van der Waals surface area contributed by atoms with E-state index in [4.69, 9.17) is 5.11 Å². The molecule has 2 rings (SSSR count). The second-order valence-corrected chi connectivity index (χ2v) is 6.87. The van der Waals surface area contributed by atoms with Gasteiger partial charge in [-0.2, -0.15) is 0 Å². The van der Waals surface area contributed by atoms with Gasteiger partial charge in [-0.05, 0) is 41.8 Å². The Morgan fingerprint density at radius 3 is 2.30 bits per heavy atom. The van der Waals surface area contributed by atoms with Gasteiger partial charge in [0.15, 0.2) is 0 Å². The van der Waals surface area contributed by atoms with E-state index in [1.165, 1.54) is 5.56 Å². The van der Waals surface area contributed by atoms with Crippen molar-refractivity contribution in [3.05, 3.63) is 58.1 Å². The minimum Gasteiger partial charge on any atom is -0.478 e. The average molecular weight is 351 g/mol. The lowest BCUT2D eigenvalue weighted by atomic mass is 10.0. The average Bonchev–Trinajstić information content (AvgIpc) is 2.38. The van der Waals surface area contributed by atoms with Crippen LogP contribution in [0.3, 0.4) is 0 Å². The van der Waals surface area contributed by atoms with Gasteiger partial charge in [0.25, 0.3) is 0 Å². The summed E-state index contributed by atoms with van der Waals surface area (Å²) in [6.45, 7) is 4.32. The predicted molar refractivity (Wildman–Crippen MR) is 85.8 cm³/mol. The zero-order valence-corrected chi connectivity index (χ0v) is 13.7. The van der Waals surface area contributed by atoms with E-state index in [-0.39, 0.29) is 0 Å². The van der Waals surface area contributed by atoms with Gasteiger partial charge in [-0.25, -0.2) is 4.79 Å². The van der Waals surface area contributed by atoms with Crippen molar-refractivity contribution in [3.63, 3.8) is 0 Å². The predicted octanol–water partition coefficient (Wildman–Crippen LogP) is 5.42. The van der Waals surface area contributed by atoms with E-state index in [0.717, 1.165) is 14.3 Å². The van der Waals surface area contributed by atoms with E-state index >= 15 is 0 Å². The smallest absolute Gasteiger partial charge is 0.335 e. The quantitative estimate of drug-likeness (QED) is 0.799. The van der Waals surface area contributed by atoms with Gasteiger partial charge in [-0.1, -0.05) is 53.7 Å². The molecule has 2 nitrogen and oxygen atoms in total. The molecule has 1 N–H and O–H groups in total. The Labute approximate surface area is 131 Å². The lowest BCUT2D eigenvalue weighted by Gasteiger charge is -2.07. The number of hydrogen-bond donors (Lipinski definition) is 1. The van der Waals surface area contributed by atoms with Gasteiger partial charge in [0.1, 0.15) is 0 Å². The molecule has 0 aliphatic rings. The van der Waals surface area contributed by atoms with Crippen molar-refractivity contribution in [1.29, 1.82) is 0 Å². The largest absolute Gasteiger partial charge is 0.478 e. The molecule has 0 bridgehead atoms. The molecule has 20 heavy (non-hydrogen) atoms. The molecule has 0 unspecified atom stereocenters. The molecule has 0 aromatic heterocycles. The Morgan fingerprint density at radius 1 is 1.10 bits per heavy atom. The van der Waals surface area contributed by atoms with Crippen LogP contribution in [0.1, 0.15) is 35.7 Å². The molecule has 2 aromatic carbocycles. The third-order valence-electron chi connectivity index (χ3n) is 2.90. The van der Waals surface area contributed by atoms with Crippen molar-refractivity contribution >= 4 is 33.7 Å². The molecule has 0 amide bonds. The Balaban J connectivity index is 2.23. The molecule has 0 aliphatic carbocycles. The van der Waals surface area contributed by atoms with Crippen molar-refractivity contribution in [2.75, 3.05) is 0 Å². The molecule has 0 heterocycles. The molecule has 2 aromatic rings. The second-order valence-electron chi connectivity index (χ2n) is 4.81. The third kappa shape index (κ3) is 3.87. The zero-order chi connectivity index (χ0) is 14.7. The summed E-state index contributed by atoms with van der Waals surface area (Å²) in [6, 6.07) is 13.6. The van der Waals surface area contributed by atoms with Crippen LogP contribution in [0, 0.1) is 0 Å². The first kappa shape index (κ1) is 15.1. The minimum atomic E-state index is -0.914. The SMILES string of the molecule is CC(C)c1ccc(Sc2cc(Br)cc(C(=O)O)c2)cc1. The fourth-order valence-corrected chi connectivity index (χ4v) is 3.36. The van der Waals surface area contributed by atoms with Crippen LogP contribution < -0.4 is 0 Å². The van der Waals surface area contributed by atoms with Crippen LogP contribution >= 0.6 is 27.7 Å². The molecule has 0 atom stereocenters. The summed E-state index contributed by atoms with van der Waals surface area (Å²) in [6.07, 6.45) is 0. The van der Waals surface area contributed by atoms with Crippen molar-refractivity contribution in [2.45, 2.75) is 29.6 Å². The second kappa shape index (κ2) is 6.46. The Kier molecular flexibility index (Phi) is 4.89. The maximum atomic E-state index is 11.0. The summed E-state index contributed by atoms with van der Waals surface area (Å²) in [5.41, 5.74) is 1.59. The van der Waals surface area contributed by atoms with E-state index in [2.05, 4.69) is 54.0 Å². The number of carboxylic acids is 1. The van der Waals surface area contributed by atoms with E-state index < -0.39 is 5.97 Å². The van der Waals surface area contributed by atoms with Gasteiger partial charge in [-0.15, -0.1) is 0 Å². The lowest BCUT2D eigenvalue weighted by Crippen LogP contribution is -1.96. The van der Waals surface area contributed by atoms with Gasteiger partial charge in [0.2, 0.25) is 0 Å². The van der Waals surface area contributed by atoms with Crippen molar-refractivity contribution in [2.24, 2.45) is 0 Å². The summed E-state index contributed by atoms with van der Waals surface area (Å²) >= 11 is 4.91. The van der Waals surface area contributed by atoms with Crippen LogP contribution in [0.5, 0.6) is 0 Å². The van der Waals surface area contributed by atoms with Crippen molar-refractivity contribution < 1.29 is 9.90 Å². The van der Waals surface area contributed by atoms with Crippen LogP contribution in [0.4, 0.5) is 0 Å². The van der Waals surface area contributed by atoms with E-state index in [0.29, 0.717) is 11.5 Å². The first-order chi connectivity index (χ1) is 9.45. The van der Waals surface area contributed by atoms with E-state index in [1.807, 2.05) is 6.07 Å². The number of carboxylic acid groups (broad SMARTS) is 1. The highest BCUT2D eigenvalue weighted by Gasteiger charge is 2.07. The normalized spacial score (nSPS) is 10.8. The fourth-order valence-electron chi connectivity index (χ4n) is 1.80. The zero-order valence-electron chi connectivity index (χ0n) is 11.3.